The van der Waals surface area contributed by atoms with Crippen LogP contribution in [0.1, 0.15) is 13.2 Å². The highest BCUT2D eigenvalue weighted by molar-refractivity contribution is 5.70. The van der Waals surface area contributed by atoms with Crippen LogP contribution < -0.4 is 11.3 Å². The van der Waals surface area contributed by atoms with Gasteiger partial charge in [-0.15, -0.1) is 0 Å². The lowest BCUT2D eigenvalue weighted by Crippen LogP contribution is -2.25. The van der Waals surface area contributed by atoms with E-state index in [1.807, 2.05) is 0 Å². The first kappa shape index (κ1) is 13.0. The largest absolute Gasteiger partial charge is 0.394 e. The zero-order valence-corrected chi connectivity index (χ0v) is 10.7. The van der Waals surface area contributed by atoms with Crippen molar-refractivity contribution in [3.05, 3.63) is 16.7 Å². The number of ether oxygens (including phenoxy) is 1. The average Bonchev–Trinajstić information content (AvgIpc) is 2.93. The van der Waals surface area contributed by atoms with Gasteiger partial charge in [0.1, 0.15) is 6.10 Å². The van der Waals surface area contributed by atoms with Crippen LogP contribution in [-0.2, 0) is 4.74 Å². The second-order valence-electron chi connectivity index (χ2n) is 4.87. The molecule has 0 aromatic carbocycles. The first-order valence-electron chi connectivity index (χ1n) is 6.19. The molecular formula is C11H15N5O4. The van der Waals surface area contributed by atoms with E-state index in [2.05, 4.69) is 15.0 Å². The third-order valence-electron chi connectivity index (χ3n) is 3.64. The van der Waals surface area contributed by atoms with Crippen molar-refractivity contribution in [1.29, 1.82) is 0 Å². The smallest absolute Gasteiger partial charge is 0.280 e. The van der Waals surface area contributed by atoms with Crippen LogP contribution in [0.3, 0.4) is 0 Å². The third kappa shape index (κ3) is 1.79. The molecule has 2 aromatic rings. The van der Waals surface area contributed by atoms with Crippen LogP contribution in [-0.4, -0.2) is 48.5 Å². The molecule has 3 rings (SSSR count). The second kappa shape index (κ2) is 4.54. The van der Waals surface area contributed by atoms with E-state index in [1.54, 1.807) is 6.92 Å². The van der Waals surface area contributed by atoms with Crippen molar-refractivity contribution >= 4 is 17.1 Å². The van der Waals surface area contributed by atoms with Gasteiger partial charge in [0.25, 0.3) is 5.56 Å². The van der Waals surface area contributed by atoms with Gasteiger partial charge < -0.3 is 20.7 Å². The van der Waals surface area contributed by atoms with Crippen molar-refractivity contribution < 1.29 is 14.9 Å². The van der Waals surface area contributed by atoms with Crippen molar-refractivity contribution in [2.24, 2.45) is 5.92 Å². The molecular weight excluding hydrogens is 266 g/mol. The Morgan fingerprint density at radius 3 is 3.00 bits per heavy atom. The molecule has 20 heavy (non-hydrogen) atoms. The summed E-state index contributed by atoms with van der Waals surface area (Å²) in [7, 11) is 0. The van der Waals surface area contributed by atoms with Gasteiger partial charge in [-0.05, 0) is 0 Å². The zero-order valence-electron chi connectivity index (χ0n) is 10.7. The van der Waals surface area contributed by atoms with Crippen molar-refractivity contribution in [3.8, 4) is 0 Å². The molecule has 4 atom stereocenters. The van der Waals surface area contributed by atoms with E-state index < -0.39 is 24.0 Å². The standard InChI is InChI=1S/C11H15N5O4/c1-4-5(2-17)20-10(7(4)18)16-3-13-6-8(16)14-11(12)15-9(6)19/h3-5,7,10,17-18H,2H2,1H3,(H3,12,14,15,19)/t4-,5+,7+,10+/m0/s1. The number of H-pyrrole nitrogens is 1. The van der Waals surface area contributed by atoms with Crippen LogP contribution in [0, 0.1) is 5.92 Å². The molecule has 0 radical (unpaired) electrons. The zero-order chi connectivity index (χ0) is 14.4. The van der Waals surface area contributed by atoms with Gasteiger partial charge in [0.15, 0.2) is 17.4 Å². The summed E-state index contributed by atoms with van der Waals surface area (Å²) < 4.78 is 7.05. The summed E-state index contributed by atoms with van der Waals surface area (Å²) in [5.74, 6) is -0.287. The second-order valence-corrected chi connectivity index (χ2v) is 4.87. The number of aromatic amines is 1. The number of imidazole rings is 1. The van der Waals surface area contributed by atoms with Crippen molar-refractivity contribution in [2.75, 3.05) is 12.3 Å². The highest BCUT2D eigenvalue weighted by atomic mass is 16.5. The van der Waals surface area contributed by atoms with Crippen LogP contribution in [0.4, 0.5) is 5.95 Å². The fraction of sp³-hybridized carbons (Fsp3) is 0.545. The summed E-state index contributed by atoms with van der Waals surface area (Å²) in [4.78, 5) is 22.0. The lowest BCUT2D eigenvalue weighted by molar-refractivity contribution is -0.0491. The minimum absolute atomic E-state index is 0.0384. The molecule has 3 heterocycles. The monoisotopic (exact) mass is 281 g/mol. The summed E-state index contributed by atoms with van der Waals surface area (Å²) in [6, 6.07) is 0. The van der Waals surface area contributed by atoms with Gasteiger partial charge in [-0.2, -0.15) is 4.98 Å². The van der Waals surface area contributed by atoms with Crippen molar-refractivity contribution in [1.82, 2.24) is 19.5 Å². The number of hydrogen-bond donors (Lipinski definition) is 4. The van der Waals surface area contributed by atoms with Crippen LogP contribution in [0.15, 0.2) is 11.1 Å². The lowest BCUT2D eigenvalue weighted by atomic mass is 10.0. The molecule has 0 spiro atoms. The summed E-state index contributed by atoms with van der Waals surface area (Å²) in [5, 5.41) is 19.4. The third-order valence-corrected chi connectivity index (χ3v) is 3.64. The van der Waals surface area contributed by atoms with Gasteiger partial charge in [-0.1, -0.05) is 6.92 Å². The number of nitrogens with zero attached hydrogens (tertiary/aromatic N) is 3. The average molecular weight is 281 g/mol. The van der Waals surface area contributed by atoms with Gasteiger partial charge in [-0.3, -0.25) is 14.3 Å². The SMILES string of the molecule is C[C@@H]1[C@@H](O)[C@H](n2cnc3c(=O)[nH]c(N)nc32)O[C@@H]1CO. The number of aliphatic hydroxyl groups excluding tert-OH is 2. The number of nitrogens with one attached hydrogen (secondary N) is 1. The maximum absolute atomic E-state index is 11.7. The van der Waals surface area contributed by atoms with Crippen LogP contribution in [0.25, 0.3) is 11.2 Å². The molecule has 9 heteroatoms. The van der Waals surface area contributed by atoms with E-state index in [1.165, 1.54) is 10.9 Å². The Labute approximate surface area is 113 Å². The fourth-order valence-corrected chi connectivity index (χ4v) is 2.43. The molecule has 5 N–H and O–H groups in total. The van der Waals surface area contributed by atoms with E-state index >= 15 is 0 Å². The van der Waals surface area contributed by atoms with Gasteiger partial charge in [-0.25, -0.2) is 4.98 Å². The molecule has 9 nitrogen and oxygen atoms in total. The Bertz CT molecular complexity index is 696. The van der Waals surface area contributed by atoms with Crippen LogP contribution >= 0.6 is 0 Å². The number of anilines is 1. The Hall–Kier alpha value is -1.97. The van der Waals surface area contributed by atoms with Gasteiger partial charge in [0.2, 0.25) is 5.95 Å². The summed E-state index contributed by atoms with van der Waals surface area (Å²) in [5.41, 5.74) is 5.42. The predicted octanol–water partition coefficient (Wildman–Crippen LogP) is -1.41. The number of aliphatic hydroxyl groups is 2. The molecule has 2 aromatic heterocycles. The van der Waals surface area contributed by atoms with Gasteiger partial charge in [0, 0.05) is 5.92 Å². The minimum atomic E-state index is -0.841. The van der Waals surface area contributed by atoms with E-state index in [9.17, 15) is 15.0 Å². The molecule has 1 fully saturated rings. The quantitative estimate of drug-likeness (QED) is 0.530. The van der Waals surface area contributed by atoms with Gasteiger partial charge in [0.05, 0.1) is 19.0 Å². The first-order valence-corrected chi connectivity index (χ1v) is 6.19. The van der Waals surface area contributed by atoms with Crippen LogP contribution in [0.2, 0.25) is 0 Å². The molecule has 0 saturated carbocycles. The summed E-state index contributed by atoms with van der Waals surface area (Å²) in [6.07, 6.45) is -0.716. The molecule has 0 amide bonds. The topological polar surface area (TPSA) is 139 Å². The number of nitrogens with two attached hydrogens (primary N) is 1. The number of rotatable bonds is 2. The van der Waals surface area contributed by atoms with Gasteiger partial charge >= 0.3 is 0 Å². The molecule has 108 valence electrons. The highest BCUT2D eigenvalue weighted by Crippen LogP contribution is 2.34. The molecule has 0 unspecified atom stereocenters. The fourth-order valence-electron chi connectivity index (χ4n) is 2.43. The highest BCUT2D eigenvalue weighted by Gasteiger charge is 2.42. The minimum Gasteiger partial charge on any atom is -0.394 e. The van der Waals surface area contributed by atoms with E-state index in [-0.39, 0.29) is 29.6 Å². The number of fused-ring (bicyclic) bond motifs is 1. The maximum Gasteiger partial charge on any atom is 0.280 e. The molecule has 1 saturated heterocycles. The molecule has 0 bridgehead atoms. The molecule has 0 aliphatic carbocycles. The number of hydrogen-bond acceptors (Lipinski definition) is 7. The predicted molar refractivity (Wildman–Crippen MR) is 68.7 cm³/mol. The number of aromatic nitrogens is 4. The van der Waals surface area contributed by atoms with Crippen LogP contribution in [0.5, 0.6) is 0 Å². The Kier molecular flexibility index (Phi) is 2.96. The normalized spacial score (nSPS) is 30.1. The molecule has 1 aliphatic rings. The maximum atomic E-state index is 11.7. The number of nitrogen functional groups attached to an aromatic ring is 1. The van der Waals surface area contributed by atoms with E-state index in [0.29, 0.717) is 0 Å². The summed E-state index contributed by atoms with van der Waals surface area (Å²) in [6.45, 7) is 1.58. The Morgan fingerprint density at radius 2 is 2.35 bits per heavy atom. The first-order chi connectivity index (χ1) is 9.52. The van der Waals surface area contributed by atoms with E-state index in [0.717, 1.165) is 0 Å². The molecule has 1 aliphatic heterocycles. The summed E-state index contributed by atoms with van der Waals surface area (Å²) >= 11 is 0. The Morgan fingerprint density at radius 1 is 1.60 bits per heavy atom. The van der Waals surface area contributed by atoms with Crippen molar-refractivity contribution in [3.63, 3.8) is 0 Å². The lowest BCUT2D eigenvalue weighted by Gasteiger charge is -2.16. The van der Waals surface area contributed by atoms with E-state index in [4.69, 9.17) is 10.5 Å². The van der Waals surface area contributed by atoms with Crippen molar-refractivity contribution in [2.45, 2.75) is 25.4 Å². The Balaban J connectivity index is 2.09.